The average molecular weight is 328 g/mol. The number of amides is 1. The number of hydrogen-bond donors (Lipinski definition) is 1. The Morgan fingerprint density at radius 2 is 1.26 bits per heavy atom. The molecule has 0 heterocycles. The summed E-state index contributed by atoms with van der Waals surface area (Å²) in [7, 11) is 1.40. The highest BCUT2D eigenvalue weighted by atomic mass is 16.5. The Balaban J connectivity index is 3.20. The molecule has 1 N–H and O–H groups in total. The zero-order valence-electron chi connectivity index (χ0n) is 15.3. The van der Waals surface area contributed by atoms with Crippen LogP contribution in [0.3, 0.4) is 0 Å². The first-order chi connectivity index (χ1) is 11.2. The van der Waals surface area contributed by atoms with Gasteiger partial charge in [0.1, 0.15) is 0 Å². The summed E-state index contributed by atoms with van der Waals surface area (Å²) in [6, 6.07) is 0. The third kappa shape index (κ3) is 17.1. The highest BCUT2D eigenvalue weighted by Crippen LogP contribution is 2.11. The van der Waals surface area contributed by atoms with Crippen molar-refractivity contribution < 1.29 is 14.3 Å². The highest BCUT2D eigenvalue weighted by molar-refractivity contribution is 5.75. The van der Waals surface area contributed by atoms with Crippen molar-refractivity contribution in [2.24, 2.45) is 0 Å². The van der Waals surface area contributed by atoms with Crippen LogP contribution in [0.1, 0.15) is 96.8 Å². The van der Waals surface area contributed by atoms with Gasteiger partial charge in [-0.3, -0.25) is 9.59 Å². The summed E-state index contributed by atoms with van der Waals surface area (Å²) in [6.07, 6.45) is 15.5. The van der Waals surface area contributed by atoms with Gasteiger partial charge in [-0.1, -0.05) is 64.7 Å². The van der Waals surface area contributed by atoms with Gasteiger partial charge in [0.05, 0.1) is 7.11 Å². The maximum Gasteiger partial charge on any atom is 0.305 e. The first-order valence-corrected chi connectivity index (χ1v) is 9.54. The zero-order chi connectivity index (χ0) is 17.2. The molecule has 0 unspecified atom stereocenters. The van der Waals surface area contributed by atoms with E-state index < -0.39 is 0 Å². The summed E-state index contributed by atoms with van der Waals surface area (Å²) in [5.41, 5.74) is 0. The summed E-state index contributed by atoms with van der Waals surface area (Å²) in [5.74, 6) is -0.0377. The van der Waals surface area contributed by atoms with E-state index in [1.54, 1.807) is 0 Å². The van der Waals surface area contributed by atoms with Gasteiger partial charge in [-0.25, -0.2) is 0 Å². The van der Waals surface area contributed by atoms with Crippen LogP contribution in [0, 0.1) is 0 Å². The number of hydrogen-bond acceptors (Lipinski definition) is 3. The number of carbonyl (C=O) groups excluding carboxylic acids is 2. The second-order valence-corrected chi connectivity index (χ2v) is 6.32. The molecule has 0 aromatic carbocycles. The molecule has 0 fully saturated rings. The standard InChI is InChI=1S/C19H37NO3/c1-3-4-5-6-7-8-9-10-11-12-15-18(21)20-17-14-13-16-19(22)23-2/h3-17H2,1-2H3,(H,20,21). The summed E-state index contributed by atoms with van der Waals surface area (Å²) in [5, 5.41) is 2.91. The maximum absolute atomic E-state index is 11.6. The van der Waals surface area contributed by atoms with E-state index in [0.29, 0.717) is 19.4 Å². The SMILES string of the molecule is CCCCCCCCCCCCC(=O)NCCCCC(=O)OC. The number of unbranched alkanes of at least 4 members (excludes halogenated alkanes) is 10. The lowest BCUT2D eigenvalue weighted by Crippen LogP contribution is -2.24. The third-order valence-electron chi connectivity index (χ3n) is 4.11. The van der Waals surface area contributed by atoms with E-state index in [1.807, 2.05) is 0 Å². The number of nitrogens with one attached hydrogen (secondary N) is 1. The van der Waals surface area contributed by atoms with E-state index in [1.165, 1.54) is 58.5 Å². The van der Waals surface area contributed by atoms with Crippen LogP contribution in [0.25, 0.3) is 0 Å². The van der Waals surface area contributed by atoms with Gasteiger partial charge in [0.25, 0.3) is 0 Å². The molecular formula is C19H37NO3. The Labute approximate surface area is 142 Å². The Hall–Kier alpha value is -1.06. The van der Waals surface area contributed by atoms with Crippen LogP contribution in [-0.4, -0.2) is 25.5 Å². The predicted molar refractivity (Wildman–Crippen MR) is 95.3 cm³/mol. The predicted octanol–water partition coefficient (Wildman–Crippen LogP) is 4.76. The van der Waals surface area contributed by atoms with Gasteiger partial charge in [-0.2, -0.15) is 0 Å². The molecule has 0 spiro atoms. The molecule has 0 aliphatic carbocycles. The fraction of sp³-hybridized carbons (Fsp3) is 0.895. The molecule has 0 aliphatic rings. The molecule has 23 heavy (non-hydrogen) atoms. The molecular weight excluding hydrogens is 290 g/mol. The lowest BCUT2D eigenvalue weighted by Gasteiger charge is -2.05. The van der Waals surface area contributed by atoms with Crippen molar-refractivity contribution in [3.8, 4) is 0 Å². The molecule has 1 amide bonds. The van der Waals surface area contributed by atoms with Crippen LogP contribution >= 0.6 is 0 Å². The Bertz CT molecular complexity index is 292. The van der Waals surface area contributed by atoms with Crippen molar-refractivity contribution in [3.63, 3.8) is 0 Å². The van der Waals surface area contributed by atoms with Gasteiger partial charge in [0.15, 0.2) is 0 Å². The van der Waals surface area contributed by atoms with Crippen molar-refractivity contribution in [2.75, 3.05) is 13.7 Å². The van der Waals surface area contributed by atoms with Crippen molar-refractivity contribution in [1.29, 1.82) is 0 Å². The van der Waals surface area contributed by atoms with Crippen molar-refractivity contribution in [1.82, 2.24) is 5.32 Å². The number of methoxy groups -OCH3 is 1. The van der Waals surface area contributed by atoms with E-state index in [-0.39, 0.29) is 11.9 Å². The molecule has 0 radical (unpaired) electrons. The Morgan fingerprint density at radius 3 is 1.83 bits per heavy atom. The topological polar surface area (TPSA) is 55.4 Å². The normalized spacial score (nSPS) is 10.5. The summed E-state index contributed by atoms with van der Waals surface area (Å²) >= 11 is 0. The first-order valence-electron chi connectivity index (χ1n) is 9.54. The van der Waals surface area contributed by atoms with Gasteiger partial charge in [-0.05, 0) is 19.3 Å². The number of rotatable bonds is 16. The van der Waals surface area contributed by atoms with Crippen LogP contribution in [0.4, 0.5) is 0 Å². The minimum atomic E-state index is -0.179. The van der Waals surface area contributed by atoms with Crippen LogP contribution in [0.2, 0.25) is 0 Å². The van der Waals surface area contributed by atoms with E-state index in [2.05, 4.69) is 17.0 Å². The molecule has 0 rings (SSSR count). The molecule has 0 bridgehead atoms. The highest BCUT2D eigenvalue weighted by Gasteiger charge is 2.02. The molecule has 136 valence electrons. The Kier molecular flexibility index (Phi) is 16.5. The van der Waals surface area contributed by atoms with Crippen molar-refractivity contribution >= 4 is 11.9 Å². The zero-order valence-corrected chi connectivity index (χ0v) is 15.3. The minimum Gasteiger partial charge on any atom is -0.469 e. The second-order valence-electron chi connectivity index (χ2n) is 6.32. The van der Waals surface area contributed by atoms with Crippen molar-refractivity contribution in [3.05, 3.63) is 0 Å². The molecule has 0 saturated heterocycles. The largest absolute Gasteiger partial charge is 0.469 e. The smallest absolute Gasteiger partial charge is 0.305 e. The number of esters is 1. The van der Waals surface area contributed by atoms with E-state index in [0.717, 1.165) is 25.7 Å². The second kappa shape index (κ2) is 17.3. The van der Waals surface area contributed by atoms with Gasteiger partial charge in [0.2, 0.25) is 5.91 Å². The fourth-order valence-corrected chi connectivity index (χ4v) is 2.59. The fourth-order valence-electron chi connectivity index (χ4n) is 2.59. The lowest BCUT2D eigenvalue weighted by atomic mass is 10.1. The summed E-state index contributed by atoms with van der Waals surface area (Å²) in [6.45, 7) is 2.91. The molecule has 0 saturated carbocycles. The van der Waals surface area contributed by atoms with Crippen LogP contribution in [0.15, 0.2) is 0 Å². The van der Waals surface area contributed by atoms with Crippen LogP contribution in [0.5, 0.6) is 0 Å². The van der Waals surface area contributed by atoms with E-state index in [4.69, 9.17) is 0 Å². The van der Waals surface area contributed by atoms with Gasteiger partial charge < -0.3 is 10.1 Å². The number of carbonyl (C=O) groups is 2. The summed E-state index contributed by atoms with van der Waals surface area (Å²) < 4.78 is 4.57. The molecule has 4 nitrogen and oxygen atoms in total. The molecule has 0 aromatic rings. The van der Waals surface area contributed by atoms with Crippen molar-refractivity contribution in [2.45, 2.75) is 96.8 Å². The minimum absolute atomic E-state index is 0.141. The average Bonchev–Trinajstić information content (AvgIpc) is 2.56. The van der Waals surface area contributed by atoms with Gasteiger partial charge in [0, 0.05) is 19.4 Å². The van der Waals surface area contributed by atoms with Crippen LogP contribution in [-0.2, 0) is 14.3 Å². The molecule has 0 aliphatic heterocycles. The molecule has 0 aromatic heterocycles. The van der Waals surface area contributed by atoms with Gasteiger partial charge >= 0.3 is 5.97 Å². The monoisotopic (exact) mass is 327 g/mol. The number of ether oxygens (including phenoxy) is 1. The lowest BCUT2D eigenvalue weighted by molar-refractivity contribution is -0.140. The quantitative estimate of drug-likeness (QED) is 0.328. The van der Waals surface area contributed by atoms with Crippen LogP contribution < -0.4 is 5.32 Å². The van der Waals surface area contributed by atoms with E-state index in [9.17, 15) is 9.59 Å². The molecule has 4 heteroatoms. The molecule has 0 atom stereocenters. The third-order valence-corrected chi connectivity index (χ3v) is 4.11. The first kappa shape index (κ1) is 21.9. The summed E-state index contributed by atoms with van der Waals surface area (Å²) in [4.78, 5) is 22.5. The van der Waals surface area contributed by atoms with E-state index >= 15 is 0 Å². The Morgan fingerprint density at radius 1 is 0.739 bits per heavy atom. The van der Waals surface area contributed by atoms with Gasteiger partial charge in [-0.15, -0.1) is 0 Å². The maximum atomic E-state index is 11.6.